The number of hydrogen-bond donors (Lipinski definition) is 0. The Morgan fingerprint density at radius 3 is 1.82 bits per heavy atom. The van der Waals surface area contributed by atoms with Crippen molar-refractivity contribution in [3.63, 3.8) is 0 Å². The van der Waals surface area contributed by atoms with Crippen LogP contribution in [-0.2, 0) is 37.4 Å². The Balaban J connectivity index is 0.00000574. The van der Waals surface area contributed by atoms with E-state index >= 15 is 0 Å². The number of fused-ring (bicyclic) bond motifs is 6. The summed E-state index contributed by atoms with van der Waals surface area (Å²) in [5.41, 5.74) is 12.7. The van der Waals surface area contributed by atoms with Crippen LogP contribution in [0, 0.1) is 23.6 Å². The fraction of sp³-hybridized carbons (Fsp3) is 0.132. The molecule has 0 amide bonds. The van der Waals surface area contributed by atoms with Gasteiger partial charge in [-0.1, -0.05) is 146 Å². The number of hydrogen-bond acceptors (Lipinski definition) is 4. The molecular formula is C68H52IrN3O. The van der Waals surface area contributed by atoms with Crippen molar-refractivity contribution in [3.05, 3.63) is 270 Å². The fourth-order valence-electron chi connectivity index (χ4n) is 10.7. The molecule has 8 aromatic carbocycles. The molecule has 5 heteroatoms. The first-order valence-corrected chi connectivity index (χ1v) is 24.8. The maximum Gasteiger partial charge on any atom is 3.00 e. The Morgan fingerprint density at radius 1 is 0.452 bits per heavy atom. The number of nitrogens with zero attached hydrogens (tertiary/aromatic N) is 3. The minimum atomic E-state index is -0.839. The summed E-state index contributed by atoms with van der Waals surface area (Å²) < 4.78 is 7.21. The zero-order valence-corrected chi connectivity index (χ0v) is 43.9. The van der Waals surface area contributed by atoms with Crippen LogP contribution in [0.1, 0.15) is 74.0 Å². The maximum atomic E-state index is 7.21. The van der Waals surface area contributed by atoms with Crippen molar-refractivity contribution >= 4 is 43.5 Å². The molecule has 73 heavy (non-hydrogen) atoms. The molecule has 0 fully saturated rings. The van der Waals surface area contributed by atoms with Gasteiger partial charge in [-0.2, -0.15) is 54.6 Å². The summed E-state index contributed by atoms with van der Waals surface area (Å²) in [6.07, 6.45) is 4.56. The van der Waals surface area contributed by atoms with Gasteiger partial charge in [0.05, 0.1) is 22.4 Å². The summed E-state index contributed by atoms with van der Waals surface area (Å²) in [6, 6.07) is 81.9. The molecule has 2 unspecified atom stereocenters. The van der Waals surface area contributed by atoms with E-state index in [2.05, 4.69) is 223 Å². The molecule has 0 saturated carbocycles. The van der Waals surface area contributed by atoms with Crippen LogP contribution in [0.3, 0.4) is 0 Å². The molecule has 4 nitrogen and oxygen atoms in total. The van der Waals surface area contributed by atoms with Gasteiger partial charge in [-0.3, -0.25) is 15.0 Å². The molecular weight excluding hydrogens is 1070 g/mol. The van der Waals surface area contributed by atoms with E-state index in [0.29, 0.717) is 0 Å². The van der Waals surface area contributed by atoms with Crippen LogP contribution < -0.4 is 0 Å². The van der Waals surface area contributed by atoms with E-state index in [1.165, 1.54) is 21.9 Å². The van der Waals surface area contributed by atoms with Crippen molar-refractivity contribution in [3.8, 4) is 33.5 Å². The minimum absolute atomic E-state index is 0. The molecule has 4 heterocycles. The van der Waals surface area contributed by atoms with Crippen LogP contribution in [-0.4, -0.2) is 15.0 Å². The van der Waals surface area contributed by atoms with Gasteiger partial charge in [-0.05, 0) is 112 Å². The number of pyridine rings is 3. The molecule has 4 aromatic heterocycles. The van der Waals surface area contributed by atoms with E-state index in [4.69, 9.17) is 19.4 Å². The van der Waals surface area contributed by atoms with E-state index in [9.17, 15) is 0 Å². The van der Waals surface area contributed by atoms with Gasteiger partial charge in [0.1, 0.15) is 5.58 Å². The first-order chi connectivity index (χ1) is 35.0. The molecule has 0 aliphatic heterocycles. The molecule has 12 rings (SSSR count). The molecule has 0 N–H and O–H groups in total. The molecule has 0 aliphatic carbocycles. The minimum Gasteiger partial charge on any atom is -0.501 e. The number of aromatic nitrogens is 3. The third kappa shape index (κ3) is 8.67. The van der Waals surface area contributed by atoms with E-state index in [-0.39, 0.29) is 25.5 Å². The van der Waals surface area contributed by atoms with Crippen molar-refractivity contribution < 1.29 is 24.5 Å². The van der Waals surface area contributed by atoms with Gasteiger partial charge >= 0.3 is 20.1 Å². The molecule has 12 aromatic rings. The van der Waals surface area contributed by atoms with Crippen LogP contribution in [0.2, 0.25) is 0 Å². The Bertz CT molecular complexity index is 3900. The third-order valence-electron chi connectivity index (χ3n) is 14.6. The smallest absolute Gasteiger partial charge is 0.501 e. The van der Waals surface area contributed by atoms with Gasteiger partial charge in [0.25, 0.3) is 0 Å². The normalized spacial score (nSPS) is 13.4. The second kappa shape index (κ2) is 19.0. The Morgan fingerprint density at radius 2 is 1.11 bits per heavy atom. The average molecular weight is 1120 g/mol. The fourth-order valence-corrected chi connectivity index (χ4v) is 10.7. The van der Waals surface area contributed by atoms with Gasteiger partial charge in [0, 0.05) is 28.9 Å². The molecule has 0 radical (unpaired) electrons. The van der Waals surface area contributed by atoms with E-state index in [1.807, 2.05) is 42.7 Å². The Labute approximate surface area is 441 Å². The Kier molecular flexibility index (Phi) is 12.4. The zero-order valence-electron chi connectivity index (χ0n) is 41.5. The first-order valence-electron chi connectivity index (χ1n) is 24.8. The van der Waals surface area contributed by atoms with Crippen molar-refractivity contribution in [1.82, 2.24) is 15.0 Å². The molecule has 0 saturated heterocycles. The average Bonchev–Trinajstić information content (AvgIpc) is 3.79. The molecule has 2 atom stereocenters. The van der Waals surface area contributed by atoms with E-state index in [0.717, 1.165) is 101 Å². The predicted molar refractivity (Wildman–Crippen MR) is 295 cm³/mol. The summed E-state index contributed by atoms with van der Waals surface area (Å²) in [4.78, 5) is 15.9. The second-order valence-electron chi connectivity index (χ2n) is 20.6. The Hall–Kier alpha value is -7.82. The number of furan rings is 1. The molecule has 0 bridgehead atoms. The summed E-state index contributed by atoms with van der Waals surface area (Å²) in [6.45, 7) is 11.3. The van der Waals surface area contributed by atoms with Crippen LogP contribution >= 0.6 is 0 Å². The first kappa shape index (κ1) is 47.5. The molecule has 0 aliphatic rings. The van der Waals surface area contributed by atoms with Gasteiger partial charge in [0.15, 0.2) is 0 Å². The van der Waals surface area contributed by atoms with Gasteiger partial charge < -0.3 is 4.42 Å². The molecule has 0 spiro atoms. The summed E-state index contributed by atoms with van der Waals surface area (Å²) in [5.74, 6) is 0. The number of benzene rings is 8. The van der Waals surface area contributed by atoms with Crippen molar-refractivity contribution in [1.29, 1.82) is 0 Å². The predicted octanol–water partition coefficient (Wildman–Crippen LogP) is 16.8. The third-order valence-corrected chi connectivity index (χ3v) is 14.6. The SMILES string of the molecule is CC(C)(C)Cc1cc(-c2[c-]c(C(C)(c3[c-]ccc(-c4ccc(-c5ccccc5)cc4)c3)c3ccccn3)cc3c2oc2cc4c(ccc5ccccc54)cc23)nc(C(C)(c2[c-]cccc2)c2ccccn2)c1.[Ir+3]. The van der Waals surface area contributed by atoms with Crippen LogP contribution in [0.15, 0.2) is 217 Å². The van der Waals surface area contributed by atoms with Crippen molar-refractivity contribution in [2.75, 3.05) is 0 Å². The van der Waals surface area contributed by atoms with Crippen molar-refractivity contribution in [2.24, 2.45) is 5.41 Å². The summed E-state index contributed by atoms with van der Waals surface area (Å²) in [7, 11) is 0. The monoisotopic (exact) mass is 1120 g/mol. The topological polar surface area (TPSA) is 51.8 Å². The maximum absolute atomic E-state index is 7.21. The molecule has 354 valence electrons. The van der Waals surface area contributed by atoms with E-state index in [1.54, 1.807) is 0 Å². The summed E-state index contributed by atoms with van der Waals surface area (Å²) >= 11 is 0. The number of rotatable bonds is 10. The van der Waals surface area contributed by atoms with Crippen LogP contribution in [0.5, 0.6) is 0 Å². The quantitative estimate of drug-likeness (QED) is 0.101. The van der Waals surface area contributed by atoms with Gasteiger partial charge in [-0.15, -0.1) is 34.4 Å². The van der Waals surface area contributed by atoms with E-state index < -0.39 is 10.8 Å². The zero-order chi connectivity index (χ0) is 49.0. The second-order valence-corrected chi connectivity index (χ2v) is 20.6. The van der Waals surface area contributed by atoms with Crippen LogP contribution in [0.25, 0.3) is 77.0 Å². The van der Waals surface area contributed by atoms with Crippen LogP contribution in [0.4, 0.5) is 0 Å². The standard InChI is InChI=1S/C68H52N3O.Ir/c1-66(2,3)44-45-37-60(71-64(38-45)68(5,52-23-10-7-11-24-52)63-28-15-17-36-70-63)59-42-54(41-58-57-40-51-34-33-49-21-12-13-26-55(49)56(51)43-61(57)72-65(58)59)67(4,62-27-14-16-35-69-62)53-25-18-22-50(39-53)48-31-29-47(30-32-48)46-19-8-6-9-20-46;/h6-23,26-41,43H,44H2,1-5H3;/q-3;+3. The van der Waals surface area contributed by atoms with Gasteiger partial charge in [0.2, 0.25) is 0 Å². The van der Waals surface area contributed by atoms with Crippen molar-refractivity contribution in [2.45, 2.75) is 51.9 Å². The van der Waals surface area contributed by atoms with Gasteiger partial charge in [-0.25, -0.2) is 0 Å². The largest absolute Gasteiger partial charge is 3.00 e. The summed E-state index contributed by atoms with van der Waals surface area (Å²) in [5, 5.41) is 6.66.